The second-order valence-corrected chi connectivity index (χ2v) is 6.93. The van der Waals surface area contributed by atoms with Gasteiger partial charge in [-0.1, -0.05) is 41.0 Å². The maximum Gasteiger partial charge on any atom is 0.343 e. The number of aromatic nitrogens is 3. The molecule has 0 unspecified atom stereocenters. The van der Waals surface area contributed by atoms with Crippen molar-refractivity contribution in [2.24, 2.45) is 0 Å². The predicted octanol–water partition coefficient (Wildman–Crippen LogP) is 2.95. The van der Waals surface area contributed by atoms with Crippen molar-refractivity contribution in [1.82, 2.24) is 14.8 Å². The van der Waals surface area contributed by atoms with Crippen LogP contribution in [0.4, 0.5) is 5.69 Å². The van der Waals surface area contributed by atoms with Crippen LogP contribution in [0.15, 0.2) is 22.1 Å². The molecule has 2 aromatic rings. The summed E-state index contributed by atoms with van der Waals surface area (Å²) in [6.45, 7) is 2.82. The topological polar surface area (TPSA) is 89.0 Å². The molecule has 25 heavy (non-hydrogen) atoms. The van der Waals surface area contributed by atoms with Crippen LogP contribution < -0.4 is 11.0 Å². The summed E-state index contributed by atoms with van der Waals surface area (Å²) >= 11 is 13.4. The minimum atomic E-state index is -0.316. The second-order valence-electron chi connectivity index (χ2n) is 5.20. The van der Waals surface area contributed by atoms with E-state index in [0.29, 0.717) is 40.5 Å². The summed E-state index contributed by atoms with van der Waals surface area (Å²) in [6.07, 6.45) is 0.671. The molecular weight excluding hydrogens is 387 g/mol. The van der Waals surface area contributed by atoms with Crippen molar-refractivity contribution in [1.29, 1.82) is 0 Å². The van der Waals surface area contributed by atoms with Crippen molar-refractivity contribution in [2.45, 2.75) is 25.0 Å². The molecule has 2 N–H and O–H groups in total. The van der Waals surface area contributed by atoms with E-state index in [1.165, 1.54) is 4.57 Å². The van der Waals surface area contributed by atoms with Crippen LogP contribution in [0.1, 0.15) is 12.0 Å². The molecule has 1 aromatic carbocycles. The average Bonchev–Trinajstić information content (AvgIpc) is 2.94. The van der Waals surface area contributed by atoms with Crippen LogP contribution in [-0.2, 0) is 16.1 Å². The SMILES string of the molecule is COCCCn1c(SCC(=O)Nc2c(Cl)ccc(C)c2Cl)n[nH]c1=O. The molecule has 0 fully saturated rings. The van der Waals surface area contributed by atoms with Gasteiger partial charge in [-0.25, -0.2) is 9.89 Å². The van der Waals surface area contributed by atoms with Gasteiger partial charge in [0.15, 0.2) is 5.16 Å². The lowest BCUT2D eigenvalue weighted by Crippen LogP contribution is -2.19. The number of hydrogen-bond acceptors (Lipinski definition) is 5. The van der Waals surface area contributed by atoms with Gasteiger partial charge in [-0.3, -0.25) is 9.36 Å². The van der Waals surface area contributed by atoms with E-state index >= 15 is 0 Å². The van der Waals surface area contributed by atoms with Gasteiger partial charge in [-0.15, -0.1) is 5.10 Å². The lowest BCUT2D eigenvalue weighted by molar-refractivity contribution is -0.113. The van der Waals surface area contributed by atoms with Crippen molar-refractivity contribution >= 4 is 46.6 Å². The molecule has 1 aromatic heterocycles. The predicted molar refractivity (Wildman–Crippen MR) is 99.9 cm³/mol. The molecule has 0 atom stereocenters. The minimum Gasteiger partial charge on any atom is -0.385 e. The Kier molecular flexibility index (Phi) is 7.37. The molecule has 2 rings (SSSR count). The maximum absolute atomic E-state index is 12.2. The third-order valence-electron chi connectivity index (χ3n) is 3.33. The summed E-state index contributed by atoms with van der Waals surface area (Å²) in [5.74, 6) is -0.229. The zero-order chi connectivity index (χ0) is 18.4. The number of hydrogen-bond donors (Lipinski definition) is 2. The van der Waals surface area contributed by atoms with Gasteiger partial charge in [-0.2, -0.15) is 0 Å². The lowest BCUT2D eigenvalue weighted by Gasteiger charge is -2.11. The van der Waals surface area contributed by atoms with Crippen LogP contribution in [0, 0.1) is 6.92 Å². The number of anilines is 1. The highest BCUT2D eigenvalue weighted by Gasteiger charge is 2.14. The number of rotatable bonds is 8. The third-order valence-corrected chi connectivity index (χ3v) is 5.11. The number of nitrogens with zero attached hydrogens (tertiary/aromatic N) is 2. The molecule has 0 bridgehead atoms. The number of nitrogens with one attached hydrogen (secondary N) is 2. The molecule has 136 valence electrons. The highest BCUT2D eigenvalue weighted by molar-refractivity contribution is 7.99. The average molecular weight is 405 g/mol. The summed E-state index contributed by atoms with van der Waals surface area (Å²) in [5, 5.41) is 10.2. The van der Waals surface area contributed by atoms with E-state index in [-0.39, 0.29) is 17.3 Å². The smallest absolute Gasteiger partial charge is 0.343 e. The van der Waals surface area contributed by atoms with Crippen molar-refractivity contribution in [2.75, 3.05) is 24.8 Å². The largest absolute Gasteiger partial charge is 0.385 e. The van der Waals surface area contributed by atoms with Crippen molar-refractivity contribution in [3.63, 3.8) is 0 Å². The number of thioether (sulfide) groups is 1. The number of methoxy groups -OCH3 is 1. The number of H-pyrrole nitrogens is 1. The van der Waals surface area contributed by atoms with Gasteiger partial charge in [0.1, 0.15) is 0 Å². The summed E-state index contributed by atoms with van der Waals surface area (Å²) in [6, 6.07) is 3.45. The normalized spacial score (nSPS) is 10.9. The molecule has 0 radical (unpaired) electrons. The number of halogens is 2. The first-order valence-corrected chi connectivity index (χ1v) is 9.19. The van der Waals surface area contributed by atoms with Gasteiger partial charge < -0.3 is 10.1 Å². The van der Waals surface area contributed by atoms with Crippen LogP contribution in [0.25, 0.3) is 0 Å². The molecule has 10 heteroatoms. The minimum absolute atomic E-state index is 0.0647. The first-order valence-electron chi connectivity index (χ1n) is 7.45. The summed E-state index contributed by atoms with van der Waals surface area (Å²) in [4.78, 5) is 23.9. The number of aryl methyl sites for hydroxylation is 1. The molecule has 0 spiro atoms. The molecule has 7 nitrogen and oxygen atoms in total. The zero-order valence-electron chi connectivity index (χ0n) is 13.8. The fourth-order valence-electron chi connectivity index (χ4n) is 2.05. The van der Waals surface area contributed by atoms with Gasteiger partial charge >= 0.3 is 5.69 Å². The fourth-order valence-corrected chi connectivity index (χ4v) is 3.29. The Balaban J connectivity index is 1.99. The highest BCUT2D eigenvalue weighted by atomic mass is 35.5. The first-order chi connectivity index (χ1) is 11.9. The second kappa shape index (κ2) is 9.28. The van der Waals surface area contributed by atoms with Crippen LogP contribution >= 0.6 is 35.0 Å². The summed E-state index contributed by atoms with van der Waals surface area (Å²) in [7, 11) is 1.60. The molecule has 0 aliphatic rings. The number of carbonyl (C=O) groups excluding carboxylic acids is 1. The number of aromatic amines is 1. The standard InChI is InChI=1S/C15H18Cl2N4O3S/c1-9-4-5-10(16)13(12(9)17)18-11(22)8-25-15-20-19-14(23)21(15)6-3-7-24-2/h4-5H,3,6-8H2,1-2H3,(H,18,22)(H,19,23). The Hall–Kier alpha value is -1.48. The fraction of sp³-hybridized carbons (Fsp3) is 0.400. The Morgan fingerprint density at radius 2 is 2.20 bits per heavy atom. The van der Waals surface area contributed by atoms with Crippen LogP contribution in [-0.4, -0.2) is 40.1 Å². The van der Waals surface area contributed by atoms with Gasteiger partial charge in [0.05, 0.1) is 21.5 Å². The lowest BCUT2D eigenvalue weighted by atomic mass is 10.2. The van der Waals surface area contributed by atoms with E-state index < -0.39 is 0 Å². The molecule has 1 heterocycles. The highest BCUT2D eigenvalue weighted by Crippen LogP contribution is 2.33. The van der Waals surface area contributed by atoms with E-state index in [1.54, 1.807) is 19.2 Å². The number of ether oxygens (including phenoxy) is 1. The summed E-state index contributed by atoms with van der Waals surface area (Å²) < 4.78 is 6.45. The quantitative estimate of drug-likeness (QED) is 0.521. The van der Waals surface area contributed by atoms with Crippen LogP contribution in [0.2, 0.25) is 10.0 Å². The van der Waals surface area contributed by atoms with E-state index in [9.17, 15) is 9.59 Å². The molecule has 0 saturated carbocycles. The molecular formula is C15H18Cl2N4O3S. The zero-order valence-corrected chi connectivity index (χ0v) is 16.1. The Labute approximate surface area is 159 Å². The van der Waals surface area contributed by atoms with Crippen molar-refractivity contribution in [3.05, 3.63) is 38.2 Å². The van der Waals surface area contributed by atoms with E-state index in [0.717, 1.165) is 17.3 Å². The van der Waals surface area contributed by atoms with E-state index in [2.05, 4.69) is 15.5 Å². The van der Waals surface area contributed by atoms with Gasteiger partial charge in [-0.05, 0) is 25.0 Å². The first kappa shape index (κ1) is 19.8. The van der Waals surface area contributed by atoms with E-state index in [4.69, 9.17) is 27.9 Å². The number of benzene rings is 1. The summed E-state index contributed by atoms with van der Waals surface area (Å²) in [5.41, 5.74) is 0.880. The molecule has 1 amide bonds. The van der Waals surface area contributed by atoms with E-state index in [1.807, 2.05) is 6.92 Å². The van der Waals surface area contributed by atoms with Crippen LogP contribution in [0.3, 0.4) is 0 Å². The molecule has 0 aliphatic carbocycles. The van der Waals surface area contributed by atoms with Crippen molar-refractivity contribution in [3.8, 4) is 0 Å². The molecule has 0 saturated heterocycles. The molecule has 0 aliphatic heterocycles. The van der Waals surface area contributed by atoms with Crippen LogP contribution in [0.5, 0.6) is 0 Å². The number of carbonyl (C=O) groups is 1. The Morgan fingerprint density at radius 3 is 2.92 bits per heavy atom. The maximum atomic E-state index is 12.2. The van der Waals surface area contributed by atoms with Crippen molar-refractivity contribution < 1.29 is 9.53 Å². The monoisotopic (exact) mass is 404 g/mol. The number of amides is 1. The van der Waals surface area contributed by atoms with Gasteiger partial charge in [0, 0.05) is 20.3 Å². The Morgan fingerprint density at radius 1 is 1.44 bits per heavy atom. The van der Waals surface area contributed by atoms with Gasteiger partial charge in [0.25, 0.3) is 0 Å². The van der Waals surface area contributed by atoms with Gasteiger partial charge in [0.2, 0.25) is 5.91 Å². The Bertz CT molecular complexity index is 807. The third kappa shape index (κ3) is 5.24.